The van der Waals surface area contributed by atoms with E-state index in [2.05, 4.69) is 34.2 Å². The Labute approximate surface area is 138 Å². The summed E-state index contributed by atoms with van der Waals surface area (Å²) >= 11 is 0. The molecule has 0 spiro atoms. The van der Waals surface area contributed by atoms with Gasteiger partial charge in [0, 0.05) is 12.2 Å². The molecule has 0 saturated heterocycles. The summed E-state index contributed by atoms with van der Waals surface area (Å²) < 4.78 is 7.02. The lowest BCUT2D eigenvalue weighted by molar-refractivity contribution is 0.214. The lowest BCUT2D eigenvalue weighted by Crippen LogP contribution is -2.18. The number of nitrogen functional groups attached to an aromatic ring is 1. The number of ether oxygens (including phenoxy) is 1. The minimum Gasteiger partial charge on any atom is -0.390 e. The smallest absolute Gasteiger partial charge is 0.390 e. The van der Waals surface area contributed by atoms with Gasteiger partial charge in [0.05, 0.1) is 6.20 Å². The maximum absolute atomic E-state index is 12.1. The molecule has 0 bridgehead atoms. The first-order chi connectivity index (χ1) is 11.5. The van der Waals surface area contributed by atoms with Crippen LogP contribution < -0.4 is 15.8 Å². The molecule has 0 atom stereocenters. The van der Waals surface area contributed by atoms with Crippen molar-refractivity contribution in [1.82, 2.24) is 19.7 Å². The molecule has 0 aliphatic carbocycles. The van der Waals surface area contributed by atoms with Gasteiger partial charge in [0.25, 0.3) is 0 Å². The van der Waals surface area contributed by atoms with E-state index >= 15 is 0 Å². The minimum absolute atomic E-state index is 0.0236. The molecule has 3 aromatic rings. The molecular formula is C16H18N6O2. The van der Waals surface area contributed by atoms with Crippen LogP contribution in [0.1, 0.15) is 13.8 Å². The fraction of sp³-hybridized carbons (Fsp3) is 0.250. The number of nitrogens with one attached hydrogen (secondary N) is 1. The number of nitrogens with zero attached hydrogens (tertiary/aromatic N) is 4. The lowest BCUT2D eigenvalue weighted by Gasteiger charge is -2.08. The largest absolute Gasteiger partial charge is 0.418 e. The zero-order valence-electron chi connectivity index (χ0n) is 13.4. The van der Waals surface area contributed by atoms with Crippen molar-refractivity contribution in [2.45, 2.75) is 20.4 Å². The Balaban J connectivity index is 1.86. The van der Waals surface area contributed by atoms with Crippen molar-refractivity contribution >= 4 is 28.8 Å². The summed E-state index contributed by atoms with van der Waals surface area (Å²) in [5.74, 6) is 0.492. The summed E-state index contributed by atoms with van der Waals surface area (Å²) in [5.41, 5.74) is 6.90. The summed E-state index contributed by atoms with van der Waals surface area (Å²) in [7, 11) is 0. The first-order valence-electron chi connectivity index (χ1n) is 7.56. The van der Waals surface area contributed by atoms with Crippen LogP contribution in [-0.2, 0) is 6.54 Å². The number of nitrogens with two attached hydrogens (primary N) is 1. The second-order valence-electron chi connectivity index (χ2n) is 5.73. The van der Waals surface area contributed by atoms with Crippen molar-refractivity contribution in [3.8, 4) is 5.88 Å². The predicted octanol–water partition coefficient (Wildman–Crippen LogP) is 2.68. The second-order valence-corrected chi connectivity index (χ2v) is 5.73. The predicted molar refractivity (Wildman–Crippen MR) is 90.7 cm³/mol. The molecule has 8 nitrogen and oxygen atoms in total. The highest BCUT2D eigenvalue weighted by Crippen LogP contribution is 2.24. The number of carbonyl (C=O) groups excluding carboxylic acids is 1. The molecule has 1 amide bonds. The SMILES string of the molecule is CC(C)Cn1ncc2c(OC(=O)Nc3ccccc3)nc(N)nc21. The zero-order chi connectivity index (χ0) is 17.1. The molecule has 0 fully saturated rings. The van der Waals surface area contributed by atoms with Gasteiger partial charge in [0.2, 0.25) is 11.8 Å². The van der Waals surface area contributed by atoms with Crippen LogP contribution in [0.4, 0.5) is 16.4 Å². The van der Waals surface area contributed by atoms with Gasteiger partial charge in [-0.3, -0.25) is 5.32 Å². The van der Waals surface area contributed by atoms with E-state index in [1.54, 1.807) is 23.0 Å². The molecule has 0 radical (unpaired) electrons. The highest BCUT2D eigenvalue weighted by molar-refractivity contribution is 5.89. The highest BCUT2D eigenvalue weighted by Gasteiger charge is 2.16. The number of carbonyl (C=O) groups is 1. The molecule has 0 saturated carbocycles. The number of amides is 1. The number of fused-ring (bicyclic) bond motifs is 1. The molecular weight excluding hydrogens is 308 g/mol. The van der Waals surface area contributed by atoms with Crippen LogP contribution in [0.5, 0.6) is 5.88 Å². The molecule has 3 rings (SSSR count). The Bertz CT molecular complexity index is 860. The van der Waals surface area contributed by atoms with Crippen molar-refractivity contribution in [2.75, 3.05) is 11.1 Å². The lowest BCUT2D eigenvalue weighted by atomic mass is 10.2. The second kappa shape index (κ2) is 6.53. The van der Waals surface area contributed by atoms with Gasteiger partial charge in [-0.1, -0.05) is 32.0 Å². The Morgan fingerprint density at radius 1 is 1.29 bits per heavy atom. The van der Waals surface area contributed by atoms with E-state index in [0.717, 1.165) is 0 Å². The molecule has 0 aliphatic rings. The van der Waals surface area contributed by atoms with Gasteiger partial charge in [0.1, 0.15) is 5.39 Å². The Morgan fingerprint density at radius 2 is 2.04 bits per heavy atom. The number of rotatable bonds is 4. The number of anilines is 2. The summed E-state index contributed by atoms with van der Waals surface area (Å²) in [4.78, 5) is 20.3. The van der Waals surface area contributed by atoms with Crippen LogP contribution in [0.25, 0.3) is 11.0 Å². The van der Waals surface area contributed by atoms with Crippen LogP contribution in [0, 0.1) is 5.92 Å². The maximum atomic E-state index is 12.1. The Morgan fingerprint density at radius 3 is 2.75 bits per heavy atom. The number of benzene rings is 1. The van der Waals surface area contributed by atoms with Crippen molar-refractivity contribution in [1.29, 1.82) is 0 Å². The topological polar surface area (TPSA) is 108 Å². The van der Waals surface area contributed by atoms with Gasteiger partial charge in [-0.2, -0.15) is 15.1 Å². The first kappa shape index (κ1) is 15.7. The quantitative estimate of drug-likeness (QED) is 0.763. The maximum Gasteiger partial charge on any atom is 0.418 e. The summed E-state index contributed by atoms with van der Waals surface area (Å²) in [6.45, 7) is 4.82. The number of hydrogen-bond donors (Lipinski definition) is 2. The summed E-state index contributed by atoms with van der Waals surface area (Å²) in [6.07, 6.45) is 0.916. The molecule has 1 aromatic carbocycles. The zero-order valence-corrected chi connectivity index (χ0v) is 13.4. The van der Waals surface area contributed by atoms with Crippen LogP contribution in [0.15, 0.2) is 36.5 Å². The van der Waals surface area contributed by atoms with E-state index in [1.807, 2.05) is 18.2 Å². The number of para-hydroxylation sites is 1. The van der Waals surface area contributed by atoms with E-state index in [1.165, 1.54) is 0 Å². The van der Waals surface area contributed by atoms with Gasteiger partial charge in [-0.25, -0.2) is 9.48 Å². The van der Waals surface area contributed by atoms with E-state index in [-0.39, 0.29) is 11.8 Å². The molecule has 2 heterocycles. The van der Waals surface area contributed by atoms with Gasteiger partial charge in [-0.15, -0.1) is 0 Å². The van der Waals surface area contributed by atoms with Gasteiger partial charge in [0.15, 0.2) is 5.65 Å². The monoisotopic (exact) mass is 326 g/mol. The average molecular weight is 326 g/mol. The van der Waals surface area contributed by atoms with Crippen molar-refractivity contribution in [2.24, 2.45) is 5.92 Å². The highest BCUT2D eigenvalue weighted by atomic mass is 16.6. The standard InChI is InChI=1S/C16H18N6O2/c1-10(2)9-22-13-12(8-18-22)14(21-15(17)20-13)24-16(23)19-11-6-4-3-5-7-11/h3-8,10H,9H2,1-2H3,(H,19,23)(H2,17,20,21). The minimum atomic E-state index is -0.655. The fourth-order valence-electron chi connectivity index (χ4n) is 2.26. The third-order valence-electron chi connectivity index (χ3n) is 3.23. The molecule has 24 heavy (non-hydrogen) atoms. The summed E-state index contributed by atoms with van der Waals surface area (Å²) in [6, 6.07) is 8.99. The molecule has 2 aromatic heterocycles. The normalized spacial score (nSPS) is 11.0. The molecule has 3 N–H and O–H groups in total. The number of aromatic nitrogens is 4. The van der Waals surface area contributed by atoms with Crippen LogP contribution in [0.3, 0.4) is 0 Å². The fourth-order valence-corrected chi connectivity index (χ4v) is 2.26. The van der Waals surface area contributed by atoms with Crippen LogP contribution >= 0.6 is 0 Å². The Kier molecular flexibility index (Phi) is 4.28. The van der Waals surface area contributed by atoms with Gasteiger partial charge < -0.3 is 10.5 Å². The van der Waals surface area contributed by atoms with E-state index in [4.69, 9.17) is 10.5 Å². The van der Waals surface area contributed by atoms with Gasteiger partial charge in [-0.05, 0) is 18.1 Å². The molecule has 8 heteroatoms. The van der Waals surface area contributed by atoms with Crippen molar-refractivity contribution < 1.29 is 9.53 Å². The van der Waals surface area contributed by atoms with Crippen LogP contribution in [0.2, 0.25) is 0 Å². The third-order valence-corrected chi connectivity index (χ3v) is 3.23. The van der Waals surface area contributed by atoms with E-state index < -0.39 is 6.09 Å². The molecule has 0 aliphatic heterocycles. The summed E-state index contributed by atoms with van der Waals surface area (Å²) in [5, 5.41) is 7.43. The molecule has 0 unspecified atom stereocenters. The Hall–Kier alpha value is -3.16. The van der Waals surface area contributed by atoms with Gasteiger partial charge >= 0.3 is 6.09 Å². The van der Waals surface area contributed by atoms with Crippen LogP contribution in [-0.4, -0.2) is 25.8 Å². The van der Waals surface area contributed by atoms with E-state index in [9.17, 15) is 4.79 Å². The number of hydrogen-bond acceptors (Lipinski definition) is 6. The first-order valence-corrected chi connectivity index (χ1v) is 7.56. The third kappa shape index (κ3) is 3.43. The van der Waals surface area contributed by atoms with E-state index in [0.29, 0.717) is 29.2 Å². The molecule has 124 valence electrons. The van der Waals surface area contributed by atoms with Crippen molar-refractivity contribution in [3.63, 3.8) is 0 Å². The average Bonchev–Trinajstić information content (AvgIpc) is 2.90. The van der Waals surface area contributed by atoms with Crippen molar-refractivity contribution in [3.05, 3.63) is 36.5 Å².